The quantitative estimate of drug-likeness (QED) is 0.0613. The van der Waals surface area contributed by atoms with Gasteiger partial charge in [0.15, 0.2) is 0 Å². The second-order valence-corrected chi connectivity index (χ2v) is 19.3. The van der Waals surface area contributed by atoms with Gasteiger partial charge in [-0.25, -0.2) is 0 Å². The van der Waals surface area contributed by atoms with Gasteiger partial charge in [-0.3, -0.25) is 4.79 Å². The largest absolute Gasteiger partial charge is 0.369 e. The van der Waals surface area contributed by atoms with Crippen LogP contribution < -0.4 is 5.73 Å². The number of carbonyl (C=O) groups is 1. The summed E-state index contributed by atoms with van der Waals surface area (Å²) in [6.45, 7) is 6.75. The molecule has 0 aromatic rings. The molecule has 0 heterocycles. The zero-order valence-corrected chi connectivity index (χ0v) is 39.6. The summed E-state index contributed by atoms with van der Waals surface area (Å²) in [6.07, 6.45) is 68.7. The van der Waals surface area contributed by atoms with Gasteiger partial charge in [-0.2, -0.15) is 0 Å². The van der Waals surface area contributed by atoms with Crippen LogP contribution >= 0.6 is 0 Å². The Kier molecular flexibility index (Phi) is 46.7. The summed E-state index contributed by atoms with van der Waals surface area (Å²) in [6, 6.07) is 0. The molecule has 0 rings (SSSR count). The van der Waals surface area contributed by atoms with Crippen molar-refractivity contribution in [2.24, 2.45) is 11.1 Å². The van der Waals surface area contributed by atoms with E-state index in [1.807, 2.05) is 0 Å². The van der Waals surface area contributed by atoms with Gasteiger partial charge in [0, 0.05) is 5.41 Å². The van der Waals surface area contributed by atoms with Crippen molar-refractivity contribution in [3.8, 4) is 0 Å². The summed E-state index contributed by atoms with van der Waals surface area (Å²) in [5.41, 5.74) is 5.63. The Morgan fingerprint density at radius 2 is 0.393 bits per heavy atom. The Hall–Kier alpha value is -0.530. The lowest BCUT2D eigenvalue weighted by Gasteiger charge is -2.26. The van der Waals surface area contributed by atoms with Crippen molar-refractivity contribution in [3.05, 3.63) is 0 Å². The second-order valence-electron chi connectivity index (χ2n) is 19.3. The molecule has 1 unspecified atom stereocenters. The zero-order valence-electron chi connectivity index (χ0n) is 39.6. The first-order chi connectivity index (χ1) is 27.6. The van der Waals surface area contributed by atoms with Crippen LogP contribution in [0.1, 0.15) is 335 Å². The molecule has 0 bridgehead atoms. The van der Waals surface area contributed by atoms with Gasteiger partial charge in [0.2, 0.25) is 5.91 Å². The Labute approximate surface area is 356 Å². The van der Waals surface area contributed by atoms with Gasteiger partial charge < -0.3 is 5.73 Å². The maximum absolute atomic E-state index is 12.4. The standard InChI is InChI=1S/C54H109NO/c1-4-6-8-10-12-14-16-18-20-22-24-26-28-30-32-34-36-38-40-42-44-46-48-50-52-54(3,53(55)56)51-49-47-45-43-41-39-37-35-33-31-29-27-25-23-21-19-17-15-13-11-9-7-5-2/h4-52H2,1-3H3,(H2,55,56). The third kappa shape index (κ3) is 43.1. The number of nitrogens with two attached hydrogens (primary N) is 1. The van der Waals surface area contributed by atoms with Crippen molar-refractivity contribution in [2.75, 3.05) is 0 Å². The van der Waals surface area contributed by atoms with E-state index >= 15 is 0 Å². The van der Waals surface area contributed by atoms with Crippen molar-refractivity contribution in [1.29, 1.82) is 0 Å². The molecule has 2 N–H and O–H groups in total. The van der Waals surface area contributed by atoms with E-state index < -0.39 is 0 Å². The summed E-state index contributed by atoms with van der Waals surface area (Å²) in [7, 11) is 0. The predicted molar refractivity (Wildman–Crippen MR) is 255 cm³/mol. The molecule has 0 aromatic carbocycles. The number of amides is 1. The van der Waals surface area contributed by atoms with E-state index in [1.165, 1.54) is 289 Å². The fraction of sp³-hybridized carbons (Fsp3) is 0.981. The van der Waals surface area contributed by atoms with Crippen LogP contribution in [0, 0.1) is 5.41 Å². The van der Waals surface area contributed by atoms with E-state index in [4.69, 9.17) is 5.73 Å². The van der Waals surface area contributed by atoms with E-state index in [-0.39, 0.29) is 11.3 Å². The van der Waals surface area contributed by atoms with Gasteiger partial charge in [-0.05, 0) is 12.8 Å². The number of unbranched alkanes of at least 4 members (excludes halogenated alkanes) is 45. The molecule has 0 saturated heterocycles. The van der Waals surface area contributed by atoms with Crippen LogP contribution in [0.15, 0.2) is 0 Å². The van der Waals surface area contributed by atoms with Gasteiger partial charge in [0.25, 0.3) is 0 Å². The third-order valence-electron chi connectivity index (χ3n) is 13.5. The monoisotopic (exact) mass is 788 g/mol. The highest BCUT2D eigenvalue weighted by Crippen LogP contribution is 2.31. The van der Waals surface area contributed by atoms with Crippen LogP contribution in [0.2, 0.25) is 0 Å². The van der Waals surface area contributed by atoms with Gasteiger partial charge in [0.1, 0.15) is 0 Å². The minimum absolute atomic E-state index is 0.0645. The van der Waals surface area contributed by atoms with Crippen LogP contribution in [-0.2, 0) is 4.79 Å². The Morgan fingerprint density at radius 1 is 0.268 bits per heavy atom. The lowest BCUT2D eigenvalue weighted by atomic mass is 9.79. The first-order valence-electron chi connectivity index (χ1n) is 26.9. The lowest BCUT2D eigenvalue weighted by molar-refractivity contribution is -0.127. The Balaban J connectivity index is 3.41. The summed E-state index contributed by atoms with van der Waals surface area (Å²) < 4.78 is 0. The molecular weight excluding hydrogens is 679 g/mol. The molecule has 0 aliphatic heterocycles. The molecule has 2 heteroatoms. The first-order valence-corrected chi connectivity index (χ1v) is 26.9. The van der Waals surface area contributed by atoms with E-state index in [0.717, 1.165) is 25.7 Å². The predicted octanol–water partition coefficient (Wildman–Crippen LogP) is 19.6. The van der Waals surface area contributed by atoms with Gasteiger partial charge in [-0.1, -0.05) is 323 Å². The normalized spacial score (nSPS) is 12.8. The topological polar surface area (TPSA) is 43.1 Å². The smallest absolute Gasteiger partial charge is 0.223 e. The van der Waals surface area contributed by atoms with E-state index in [0.29, 0.717) is 0 Å². The average Bonchev–Trinajstić information content (AvgIpc) is 3.19. The highest BCUT2D eigenvalue weighted by atomic mass is 16.1. The average molecular weight is 788 g/mol. The van der Waals surface area contributed by atoms with Crippen molar-refractivity contribution in [1.82, 2.24) is 0 Å². The number of carbonyl (C=O) groups excluding carboxylic acids is 1. The fourth-order valence-electron chi connectivity index (χ4n) is 9.15. The fourth-order valence-corrected chi connectivity index (χ4v) is 9.15. The maximum Gasteiger partial charge on any atom is 0.223 e. The molecule has 1 amide bonds. The lowest BCUT2D eigenvalue weighted by Crippen LogP contribution is -2.34. The van der Waals surface area contributed by atoms with Crippen LogP contribution in [0.25, 0.3) is 0 Å². The SMILES string of the molecule is CCCCCCCCCCCCCCCCCCCCCCCCCCC(C)(CCCCCCCCCCCCCCCCCCCCCCCCC)C(N)=O. The number of hydrogen-bond acceptors (Lipinski definition) is 1. The summed E-state index contributed by atoms with van der Waals surface area (Å²) in [5.74, 6) is -0.0645. The second kappa shape index (κ2) is 47.2. The van der Waals surface area contributed by atoms with Crippen LogP contribution in [0.4, 0.5) is 0 Å². The maximum atomic E-state index is 12.4. The highest BCUT2D eigenvalue weighted by Gasteiger charge is 2.29. The van der Waals surface area contributed by atoms with E-state index in [2.05, 4.69) is 20.8 Å². The first kappa shape index (κ1) is 55.5. The summed E-state index contributed by atoms with van der Waals surface area (Å²) in [5, 5.41) is 0. The van der Waals surface area contributed by atoms with Crippen molar-refractivity contribution in [3.63, 3.8) is 0 Å². The van der Waals surface area contributed by atoms with Gasteiger partial charge >= 0.3 is 0 Å². The molecule has 0 aliphatic carbocycles. The Bertz CT molecular complexity index is 734. The number of primary amides is 1. The number of rotatable bonds is 50. The Morgan fingerprint density at radius 3 is 0.518 bits per heavy atom. The summed E-state index contributed by atoms with van der Waals surface area (Å²) in [4.78, 5) is 12.4. The minimum Gasteiger partial charge on any atom is -0.369 e. The van der Waals surface area contributed by atoms with Crippen molar-refractivity contribution >= 4 is 5.91 Å². The van der Waals surface area contributed by atoms with Crippen molar-refractivity contribution in [2.45, 2.75) is 335 Å². The van der Waals surface area contributed by atoms with Gasteiger partial charge in [0.05, 0.1) is 0 Å². The molecule has 56 heavy (non-hydrogen) atoms. The molecule has 336 valence electrons. The third-order valence-corrected chi connectivity index (χ3v) is 13.5. The molecule has 0 aromatic heterocycles. The van der Waals surface area contributed by atoms with E-state index in [1.54, 1.807) is 0 Å². The highest BCUT2D eigenvalue weighted by molar-refractivity contribution is 5.80. The van der Waals surface area contributed by atoms with Crippen LogP contribution in [0.3, 0.4) is 0 Å². The van der Waals surface area contributed by atoms with Crippen molar-refractivity contribution < 1.29 is 4.79 Å². The number of hydrogen-bond donors (Lipinski definition) is 1. The molecule has 0 radical (unpaired) electrons. The zero-order chi connectivity index (χ0) is 40.7. The molecule has 1 atom stereocenters. The molecule has 0 saturated carbocycles. The van der Waals surface area contributed by atoms with E-state index in [9.17, 15) is 4.79 Å². The molecule has 2 nitrogen and oxygen atoms in total. The summed E-state index contributed by atoms with van der Waals surface area (Å²) >= 11 is 0. The van der Waals surface area contributed by atoms with Crippen LogP contribution in [0.5, 0.6) is 0 Å². The molecule has 0 fully saturated rings. The minimum atomic E-state index is -0.291. The molecule has 0 spiro atoms. The van der Waals surface area contributed by atoms with Gasteiger partial charge in [-0.15, -0.1) is 0 Å². The van der Waals surface area contributed by atoms with Crippen LogP contribution in [-0.4, -0.2) is 5.91 Å². The molecular formula is C54H109NO. The molecule has 0 aliphatic rings.